The predicted octanol–water partition coefficient (Wildman–Crippen LogP) is 2.92. The van der Waals surface area contributed by atoms with E-state index >= 15 is 0 Å². The van der Waals surface area contributed by atoms with Crippen LogP contribution in [-0.4, -0.2) is 33.3 Å². The maximum Gasteiger partial charge on any atom is 0.308 e. The lowest BCUT2D eigenvalue weighted by atomic mass is 10.1. The molecular formula is C13H26O4Si. The molecule has 0 heterocycles. The second kappa shape index (κ2) is 6.47. The van der Waals surface area contributed by atoms with Crippen molar-refractivity contribution < 1.29 is 18.8 Å². The Labute approximate surface area is 111 Å². The molecule has 0 aromatic carbocycles. The fourth-order valence-electron chi connectivity index (χ4n) is 1.34. The van der Waals surface area contributed by atoms with E-state index in [-0.39, 0.29) is 35.7 Å². The number of ketones is 1. The standard InChI is InChI=1S/C13H26O4Si/c1-10(14)8-11(9-12(15)16-5)17-18(6,7)13(2,3)4/h11H,8-9H2,1-7H3/t11-/m1/s1. The Morgan fingerprint density at radius 1 is 1.17 bits per heavy atom. The molecule has 0 aliphatic carbocycles. The van der Waals surface area contributed by atoms with Gasteiger partial charge in [0.05, 0.1) is 19.6 Å². The highest BCUT2D eigenvalue weighted by molar-refractivity contribution is 6.74. The summed E-state index contributed by atoms with van der Waals surface area (Å²) in [4.78, 5) is 22.6. The quantitative estimate of drug-likeness (QED) is 0.552. The SMILES string of the molecule is COC(=O)C[C@@H](CC(C)=O)O[Si](C)(C)C(C)(C)C. The van der Waals surface area contributed by atoms with Crippen LogP contribution in [0.5, 0.6) is 0 Å². The molecule has 18 heavy (non-hydrogen) atoms. The first kappa shape index (κ1) is 17.3. The van der Waals surface area contributed by atoms with Crippen molar-refractivity contribution in [3.63, 3.8) is 0 Å². The van der Waals surface area contributed by atoms with Crippen LogP contribution in [0, 0.1) is 0 Å². The van der Waals surface area contributed by atoms with Gasteiger partial charge in [-0.1, -0.05) is 20.8 Å². The van der Waals surface area contributed by atoms with Gasteiger partial charge in [-0.15, -0.1) is 0 Å². The smallest absolute Gasteiger partial charge is 0.308 e. The Balaban J connectivity index is 4.78. The minimum Gasteiger partial charge on any atom is -0.469 e. The van der Waals surface area contributed by atoms with Crippen LogP contribution in [0.1, 0.15) is 40.5 Å². The summed E-state index contributed by atoms with van der Waals surface area (Å²) in [6.45, 7) is 12.1. The van der Waals surface area contributed by atoms with E-state index in [2.05, 4.69) is 38.6 Å². The van der Waals surface area contributed by atoms with Crippen molar-refractivity contribution in [3.8, 4) is 0 Å². The molecule has 1 atom stereocenters. The van der Waals surface area contributed by atoms with Gasteiger partial charge in [0.1, 0.15) is 5.78 Å². The molecule has 0 spiro atoms. The number of methoxy groups -OCH3 is 1. The summed E-state index contributed by atoms with van der Waals surface area (Å²) >= 11 is 0. The van der Waals surface area contributed by atoms with E-state index in [0.29, 0.717) is 0 Å². The molecule has 0 fully saturated rings. The number of rotatable bonds is 6. The average molecular weight is 274 g/mol. The molecule has 0 aromatic rings. The molecule has 0 N–H and O–H groups in total. The van der Waals surface area contributed by atoms with Gasteiger partial charge in [0, 0.05) is 6.42 Å². The van der Waals surface area contributed by atoms with E-state index < -0.39 is 8.32 Å². The second-order valence-electron chi connectivity index (χ2n) is 6.19. The van der Waals surface area contributed by atoms with Crippen LogP contribution in [0.15, 0.2) is 0 Å². The molecule has 4 nitrogen and oxygen atoms in total. The third-order valence-corrected chi connectivity index (χ3v) is 7.94. The van der Waals surface area contributed by atoms with Gasteiger partial charge < -0.3 is 9.16 Å². The van der Waals surface area contributed by atoms with E-state index in [4.69, 9.17) is 4.43 Å². The normalized spacial score (nSPS) is 14.2. The van der Waals surface area contributed by atoms with Crippen LogP contribution in [-0.2, 0) is 18.8 Å². The average Bonchev–Trinajstić information content (AvgIpc) is 2.13. The number of carbonyl (C=O) groups is 2. The maximum atomic E-state index is 11.3. The van der Waals surface area contributed by atoms with Crippen molar-refractivity contribution in [2.24, 2.45) is 0 Å². The number of ether oxygens (including phenoxy) is 1. The van der Waals surface area contributed by atoms with Gasteiger partial charge in [0.25, 0.3) is 0 Å². The number of hydrogen-bond acceptors (Lipinski definition) is 4. The molecule has 106 valence electrons. The molecule has 0 aromatic heterocycles. The summed E-state index contributed by atoms with van der Waals surface area (Å²) in [6, 6.07) is 0. The first-order valence-electron chi connectivity index (χ1n) is 6.23. The summed E-state index contributed by atoms with van der Waals surface area (Å²) < 4.78 is 10.8. The topological polar surface area (TPSA) is 52.6 Å². The van der Waals surface area contributed by atoms with Gasteiger partial charge in [-0.3, -0.25) is 9.59 Å². The Hall–Kier alpha value is -0.683. The fraction of sp³-hybridized carbons (Fsp3) is 0.846. The number of Topliss-reactive ketones (excluding diaryl/α,β-unsaturated/α-hetero) is 1. The summed E-state index contributed by atoms with van der Waals surface area (Å²) in [5, 5.41) is 0.0537. The van der Waals surface area contributed by atoms with E-state index in [9.17, 15) is 9.59 Å². The molecule has 0 aliphatic rings. The zero-order valence-electron chi connectivity index (χ0n) is 12.6. The van der Waals surface area contributed by atoms with Crippen molar-refractivity contribution in [2.75, 3.05) is 7.11 Å². The monoisotopic (exact) mass is 274 g/mol. The van der Waals surface area contributed by atoms with Crippen LogP contribution in [0.25, 0.3) is 0 Å². The third-order valence-electron chi connectivity index (χ3n) is 3.40. The van der Waals surface area contributed by atoms with Crippen LogP contribution >= 0.6 is 0 Å². The summed E-state index contributed by atoms with van der Waals surface area (Å²) in [6.07, 6.45) is 0.0420. The molecule has 5 heteroatoms. The molecule has 0 unspecified atom stereocenters. The third kappa shape index (κ3) is 5.77. The molecule has 0 amide bonds. The van der Waals surface area contributed by atoms with Crippen LogP contribution in [0.3, 0.4) is 0 Å². The molecule has 0 aliphatic heterocycles. The first-order chi connectivity index (χ1) is 7.99. The highest BCUT2D eigenvalue weighted by Crippen LogP contribution is 2.38. The fourth-order valence-corrected chi connectivity index (χ4v) is 2.69. The maximum absolute atomic E-state index is 11.3. The van der Waals surface area contributed by atoms with Crippen molar-refractivity contribution in [2.45, 2.75) is 64.8 Å². The second-order valence-corrected chi connectivity index (χ2v) is 10.9. The zero-order chi connectivity index (χ0) is 14.6. The van der Waals surface area contributed by atoms with E-state index in [1.165, 1.54) is 14.0 Å². The Morgan fingerprint density at radius 3 is 2.00 bits per heavy atom. The lowest BCUT2D eigenvalue weighted by Crippen LogP contribution is -2.44. The number of carbonyl (C=O) groups excluding carboxylic acids is 2. The molecule has 0 saturated carbocycles. The molecule has 0 bridgehead atoms. The van der Waals surface area contributed by atoms with Crippen molar-refractivity contribution >= 4 is 20.1 Å². The minimum absolute atomic E-state index is 0.0302. The highest BCUT2D eigenvalue weighted by atomic mass is 28.4. The van der Waals surface area contributed by atoms with Crippen LogP contribution < -0.4 is 0 Å². The Morgan fingerprint density at radius 2 is 1.67 bits per heavy atom. The van der Waals surface area contributed by atoms with Gasteiger partial charge in [-0.25, -0.2) is 0 Å². The van der Waals surface area contributed by atoms with Gasteiger partial charge >= 0.3 is 5.97 Å². The van der Waals surface area contributed by atoms with E-state index in [0.717, 1.165) is 0 Å². The number of esters is 1. The molecular weight excluding hydrogens is 248 g/mol. The summed E-state index contributed by atoms with van der Waals surface area (Å²) in [5.41, 5.74) is 0. The van der Waals surface area contributed by atoms with Gasteiger partial charge in [-0.05, 0) is 25.1 Å². The van der Waals surface area contributed by atoms with Crippen molar-refractivity contribution in [3.05, 3.63) is 0 Å². The van der Waals surface area contributed by atoms with Crippen LogP contribution in [0.2, 0.25) is 18.1 Å². The van der Waals surface area contributed by atoms with Crippen molar-refractivity contribution in [1.82, 2.24) is 0 Å². The Bertz CT molecular complexity index is 305. The lowest BCUT2D eigenvalue weighted by Gasteiger charge is -2.39. The number of hydrogen-bond donors (Lipinski definition) is 0. The lowest BCUT2D eigenvalue weighted by molar-refractivity contribution is -0.142. The molecule has 0 radical (unpaired) electrons. The largest absolute Gasteiger partial charge is 0.469 e. The molecule has 0 saturated heterocycles. The predicted molar refractivity (Wildman–Crippen MR) is 74.0 cm³/mol. The Kier molecular flexibility index (Phi) is 6.23. The minimum atomic E-state index is -1.97. The van der Waals surface area contributed by atoms with Gasteiger partial charge in [0.15, 0.2) is 8.32 Å². The summed E-state index contributed by atoms with van der Waals surface area (Å²) in [5.74, 6) is -0.303. The summed E-state index contributed by atoms with van der Waals surface area (Å²) in [7, 11) is -0.628. The van der Waals surface area contributed by atoms with Gasteiger partial charge in [0.2, 0.25) is 0 Å². The highest BCUT2D eigenvalue weighted by Gasteiger charge is 2.39. The van der Waals surface area contributed by atoms with Crippen molar-refractivity contribution in [1.29, 1.82) is 0 Å². The van der Waals surface area contributed by atoms with Gasteiger partial charge in [-0.2, -0.15) is 0 Å². The van der Waals surface area contributed by atoms with E-state index in [1.54, 1.807) is 0 Å². The zero-order valence-corrected chi connectivity index (χ0v) is 13.6. The van der Waals surface area contributed by atoms with E-state index in [1.807, 2.05) is 0 Å². The molecule has 0 rings (SSSR count). The first-order valence-corrected chi connectivity index (χ1v) is 9.14. The van der Waals surface area contributed by atoms with Crippen LogP contribution in [0.4, 0.5) is 0 Å².